The molecule has 4 heteroatoms. The van der Waals surface area contributed by atoms with Crippen molar-refractivity contribution in [1.82, 2.24) is 10.2 Å². The molecule has 1 saturated heterocycles. The van der Waals surface area contributed by atoms with Crippen molar-refractivity contribution in [2.45, 2.75) is 45.6 Å². The Balaban J connectivity index is 1.32. The quantitative estimate of drug-likeness (QED) is 0.845. The molecule has 1 unspecified atom stereocenters. The van der Waals surface area contributed by atoms with Crippen LogP contribution in [0, 0.1) is 5.92 Å². The van der Waals surface area contributed by atoms with Crippen molar-refractivity contribution in [3.05, 3.63) is 70.3 Å². The zero-order chi connectivity index (χ0) is 19.8. The fourth-order valence-electron chi connectivity index (χ4n) is 4.25. The molecular formula is C24H28N2O2. The van der Waals surface area contributed by atoms with Gasteiger partial charge in [-0.2, -0.15) is 0 Å². The first-order valence-electron chi connectivity index (χ1n) is 10.2. The van der Waals surface area contributed by atoms with E-state index in [2.05, 4.69) is 50.4 Å². The Labute approximate surface area is 166 Å². The maximum Gasteiger partial charge on any atom is 0.253 e. The maximum absolute atomic E-state index is 12.7. The van der Waals surface area contributed by atoms with Crippen LogP contribution in [0.3, 0.4) is 0 Å². The molecule has 4 nitrogen and oxygen atoms in total. The molecule has 0 aromatic heterocycles. The predicted octanol–water partition coefficient (Wildman–Crippen LogP) is 4.32. The lowest BCUT2D eigenvalue weighted by atomic mass is 9.85. The Bertz CT molecular complexity index is 895. The van der Waals surface area contributed by atoms with Crippen LogP contribution in [-0.4, -0.2) is 29.8 Å². The number of benzene rings is 2. The molecule has 2 heterocycles. The Morgan fingerprint density at radius 3 is 2.43 bits per heavy atom. The van der Waals surface area contributed by atoms with Gasteiger partial charge in [0.15, 0.2) is 0 Å². The van der Waals surface area contributed by atoms with Crippen molar-refractivity contribution in [1.29, 1.82) is 0 Å². The maximum atomic E-state index is 12.7. The molecule has 28 heavy (non-hydrogen) atoms. The largest absolute Gasteiger partial charge is 0.348 e. The van der Waals surface area contributed by atoms with E-state index in [-0.39, 0.29) is 11.8 Å². The second kappa shape index (κ2) is 7.42. The Morgan fingerprint density at radius 2 is 1.75 bits per heavy atom. The van der Waals surface area contributed by atoms with E-state index in [9.17, 15) is 9.59 Å². The summed E-state index contributed by atoms with van der Waals surface area (Å²) >= 11 is 0. The summed E-state index contributed by atoms with van der Waals surface area (Å²) in [5.41, 5.74) is 5.16. The average molecular weight is 377 g/mol. The van der Waals surface area contributed by atoms with E-state index in [0.717, 1.165) is 36.2 Å². The summed E-state index contributed by atoms with van der Waals surface area (Å²) in [4.78, 5) is 26.5. The summed E-state index contributed by atoms with van der Waals surface area (Å²) in [6.07, 6.45) is 1.04. The van der Waals surface area contributed by atoms with Gasteiger partial charge in [0.25, 0.3) is 11.8 Å². The first-order chi connectivity index (χ1) is 13.4. The molecule has 0 radical (unpaired) electrons. The van der Waals surface area contributed by atoms with Gasteiger partial charge in [-0.15, -0.1) is 0 Å². The summed E-state index contributed by atoms with van der Waals surface area (Å²) in [5.74, 6) is 1.55. The topological polar surface area (TPSA) is 49.4 Å². The molecule has 4 rings (SSSR count). The predicted molar refractivity (Wildman–Crippen MR) is 111 cm³/mol. The monoisotopic (exact) mass is 376 g/mol. The number of nitrogens with zero attached hydrogens (tertiary/aromatic N) is 1. The van der Waals surface area contributed by atoms with Gasteiger partial charge < -0.3 is 10.2 Å². The molecule has 0 spiro atoms. The van der Waals surface area contributed by atoms with Crippen LogP contribution >= 0.6 is 0 Å². The molecule has 1 N–H and O–H groups in total. The minimum absolute atomic E-state index is 0.0351. The highest BCUT2D eigenvalue weighted by Crippen LogP contribution is 2.31. The number of fused-ring (bicyclic) bond motifs is 1. The minimum atomic E-state index is 0.0351. The van der Waals surface area contributed by atoms with Gasteiger partial charge >= 0.3 is 0 Å². The SMILES string of the molecule is CC(C)c1ccc(C(=O)N2CC(CC(C)c3ccc4c(c3)C(=O)NC4)C2)cc1. The van der Waals surface area contributed by atoms with Crippen molar-refractivity contribution in [2.75, 3.05) is 13.1 Å². The van der Waals surface area contributed by atoms with Crippen LogP contribution in [0.15, 0.2) is 42.5 Å². The van der Waals surface area contributed by atoms with E-state index >= 15 is 0 Å². The van der Waals surface area contributed by atoms with E-state index in [0.29, 0.717) is 24.3 Å². The van der Waals surface area contributed by atoms with Gasteiger partial charge in [-0.05, 0) is 59.1 Å². The van der Waals surface area contributed by atoms with E-state index in [1.54, 1.807) is 0 Å². The van der Waals surface area contributed by atoms with Gasteiger partial charge in [0, 0.05) is 30.8 Å². The molecule has 2 aromatic carbocycles. The van der Waals surface area contributed by atoms with Crippen LogP contribution in [0.2, 0.25) is 0 Å². The van der Waals surface area contributed by atoms with E-state index in [1.807, 2.05) is 23.1 Å². The normalized spacial score (nSPS) is 17.3. The first kappa shape index (κ1) is 18.7. The van der Waals surface area contributed by atoms with Gasteiger partial charge in [-0.1, -0.05) is 45.0 Å². The summed E-state index contributed by atoms with van der Waals surface area (Å²) in [6.45, 7) is 8.81. The smallest absolute Gasteiger partial charge is 0.253 e. The Hall–Kier alpha value is -2.62. The molecule has 146 valence electrons. The van der Waals surface area contributed by atoms with Gasteiger partial charge in [-0.3, -0.25) is 9.59 Å². The number of hydrogen-bond acceptors (Lipinski definition) is 2. The van der Waals surface area contributed by atoms with Crippen LogP contribution in [-0.2, 0) is 6.54 Å². The van der Waals surface area contributed by atoms with Crippen molar-refractivity contribution in [2.24, 2.45) is 5.92 Å². The van der Waals surface area contributed by atoms with Crippen LogP contribution in [0.4, 0.5) is 0 Å². The van der Waals surface area contributed by atoms with E-state index < -0.39 is 0 Å². The lowest BCUT2D eigenvalue weighted by molar-refractivity contribution is 0.0474. The highest BCUT2D eigenvalue weighted by molar-refractivity contribution is 5.98. The highest BCUT2D eigenvalue weighted by atomic mass is 16.2. The number of likely N-dealkylation sites (tertiary alicyclic amines) is 1. The lowest BCUT2D eigenvalue weighted by Crippen LogP contribution is -2.50. The molecule has 2 amide bonds. The van der Waals surface area contributed by atoms with Crippen LogP contribution < -0.4 is 5.32 Å². The molecule has 0 aliphatic carbocycles. The first-order valence-corrected chi connectivity index (χ1v) is 10.2. The van der Waals surface area contributed by atoms with Crippen LogP contribution in [0.5, 0.6) is 0 Å². The third kappa shape index (κ3) is 3.56. The summed E-state index contributed by atoms with van der Waals surface area (Å²) in [7, 11) is 0. The molecular weight excluding hydrogens is 348 g/mol. The molecule has 0 saturated carbocycles. The van der Waals surface area contributed by atoms with Gasteiger partial charge in [0.1, 0.15) is 0 Å². The van der Waals surface area contributed by atoms with Crippen LogP contribution in [0.1, 0.15) is 76.4 Å². The number of carbonyl (C=O) groups is 2. The number of rotatable bonds is 5. The number of nitrogens with one attached hydrogen (secondary N) is 1. The van der Waals surface area contributed by atoms with Gasteiger partial charge in [0.2, 0.25) is 0 Å². The van der Waals surface area contributed by atoms with Crippen molar-refractivity contribution in [3.63, 3.8) is 0 Å². The molecule has 2 aromatic rings. The average Bonchev–Trinajstić information content (AvgIpc) is 3.04. The Morgan fingerprint density at radius 1 is 1.07 bits per heavy atom. The third-order valence-electron chi connectivity index (χ3n) is 6.14. The van der Waals surface area contributed by atoms with Gasteiger partial charge in [0.05, 0.1) is 0 Å². The zero-order valence-electron chi connectivity index (χ0n) is 16.9. The lowest BCUT2D eigenvalue weighted by Gasteiger charge is -2.40. The van der Waals surface area contributed by atoms with Crippen molar-refractivity contribution < 1.29 is 9.59 Å². The highest BCUT2D eigenvalue weighted by Gasteiger charge is 2.32. The number of hydrogen-bond donors (Lipinski definition) is 1. The summed E-state index contributed by atoms with van der Waals surface area (Å²) in [6, 6.07) is 14.3. The fourth-order valence-corrected chi connectivity index (χ4v) is 4.25. The summed E-state index contributed by atoms with van der Waals surface area (Å²) in [5, 5.41) is 2.87. The van der Waals surface area contributed by atoms with E-state index in [1.165, 1.54) is 11.1 Å². The Kier molecular flexibility index (Phi) is 4.96. The van der Waals surface area contributed by atoms with E-state index in [4.69, 9.17) is 0 Å². The molecule has 0 bridgehead atoms. The van der Waals surface area contributed by atoms with Crippen molar-refractivity contribution >= 4 is 11.8 Å². The van der Waals surface area contributed by atoms with Gasteiger partial charge in [-0.25, -0.2) is 0 Å². The fraction of sp³-hybridized carbons (Fsp3) is 0.417. The third-order valence-corrected chi connectivity index (χ3v) is 6.14. The number of amides is 2. The number of carbonyl (C=O) groups excluding carboxylic acids is 2. The van der Waals surface area contributed by atoms with Crippen molar-refractivity contribution in [3.8, 4) is 0 Å². The van der Waals surface area contributed by atoms with Crippen LogP contribution in [0.25, 0.3) is 0 Å². The second-order valence-corrected chi connectivity index (χ2v) is 8.59. The molecule has 1 fully saturated rings. The standard InChI is InChI=1S/C24H28N2O2/c1-15(2)18-4-6-19(7-5-18)24(28)26-13-17(14-26)10-16(3)20-8-9-21-12-25-23(27)22(21)11-20/h4-9,11,15-17H,10,12-14H2,1-3H3,(H,25,27). The molecule has 2 aliphatic heterocycles. The minimum Gasteiger partial charge on any atom is -0.348 e. The molecule has 1 atom stereocenters. The zero-order valence-corrected chi connectivity index (χ0v) is 16.9. The summed E-state index contributed by atoms with van der Waals surface area (Å²) < 4.78 is 0. The molecule has 2 aliphatic rings. The second-order valence-electron chi connectivity index (χ2n) is 8.59.